The lowest BCUT2D eigenvalue weighted by Crippen LogP contribution is -2.09. The normalized spacial score (nSPS) is 8.46. The van der Waals surface area contributed by atoms with E-state index in [4.69, 9.17) is 30.7 Å². The van der Waals surface area contributed by atoms with Crippen molar-refractivity contribution >= 4 is 0 Å². The second-order valence-electron chi connectivity index (χ2n) is 1.77. The number of hydrogen-bond acceptors (Lipinski definition) is 5. The Bertz CT molecular complexity index is 108. The number of ether oxygens (including phenoxy) is 2. The zero-order valence-electron chi connectivity index (χ0n) is 7.35. The molecule has 0 saturated heterocycles. The molecule has 0 fully saturated rings. The fraction of sp³-hybridized carbons (Fsp3) is 1.00. The van der Waals surface area contributed by atoms with Crippen LogP contribution >= 0.6 is 0 Å². The summed E-state index contributed by atoms with van der Waals surface area (Å²) in [6, 6.07) is 0. The Morgan fingerprint density at radius 3 is 1.54 bits per heavy atom. The van der Waals surface area contributed by atoms with Crippen molar-refractivity contribution in [1.82, 2.24) is 0 Å². The van der Waals surface area contributed by atoms with E-state index in [9.17, 15) is 0 Å². The minimum Gasteiger partial charge on any atom is -0.394 e. The van der Waals surface area contributed by atoms with Crippen molar-refractivity contribution in [3.8, 4) is 0 Å². The number of hydrogen-bond donors (Lipinski definition) is 3. The molecule has 0 spiro atoms. The van der Waals surface area contributed by atoms with E-state index < -0.39 is 0 Å². The summed E-state index contributed by atoms with van der Waals surface area (Å²) in [7, 11) is 0. The van der Waals surface area contributed by atoms with Gasteiger partial charge in [0.2, 0.25) is 0 Å². The molecule has 0 heterocycles. The third kappa shape index (κ3) is 24.7. The van der Waals surface area contributed by atoms with Gasteiger partial charge in [-0.2, -0.15) is 0 Å². The van der Waals surface area contributed by atoms with Crippen molar-refractivity contribution < 1.29 is 19.7 Å². The number of aliphatic hydroxyl groups is 2. The van der Waals surface area contributed by atoms with Crippen LogP contribution in [0.1, 0.15) is 0 Å². The first-order valence-electron chi connectivity index (χ1n) is 3.71. The van der Waals surface area contributed by atoms with Crippen LogP contribution in [0.3, 0.4) is 0 Å². The number of rotatable bonds is 7. The first kappa shape index (κ1) is 14.7. The molecule has 0 aliphatic carbocycles. The highest BCUT2D eigenvalue weighted by atomic mass is 16.5. The summed E-state index contributed by atoms with van der Waals surface area (Å²) in [5, 5.41) is 16.5. The monoisotopic (exact) mass is 193 g/mol. The Hall–Kier alpha value is -0.850. The number of nitrogens with zero attached hydrogens (tertiary/aromatic N) is 2. The molecule has 0 atom stereocenters. The lowest BCUT2D eigenvalue weighted by molar-refractivity contribution is 0.0222. The van der Waals surface area contributed by atoms with Crippen LogP contribution in [0.15, 0.2) is 0 Å². The first-order valence-corrected chi connectivity index (χ1v) is 3.71. The van der Waals surface area contributed by atoms with Crippen molar-refractivity contribution in [1.29, 1.82) is 5.53 Å². The zero-order chi connectivity index (χ0) is 10.4. The first-order chi connectivity index (χ1) is 6.33. The summed E-state index contributed by atoms with van der Waals surface area (Å²) in [6.07, 6.45) is 0. The molecule has 3 N–H and O–H groups in total. The zero-order valence-corrected chi connectivity index (χ0v) is 7.35. The van der Waals surface area contributed by atoms with Crippen LogP contribution in [-0.4, -0.2) is 49.9 Å². The summed E-state index contributed by atoms with van der Waals surface area (Å²) >= 11 is 0. The maximum absolute atomic E-state index is 8.26. The lowest BCUT2D eigenvalue weighted by atomic mass is 10.7. The van der Waals surface area contributed by atoms with Gasteiger partial charge in [0.25, 0.3) is 0 Å². The minimum atomic E-state index is 0.0417. The summed E-state index contributed by atoms with van der Waals surface area (Å²) in [6.45, 7) is 1.73. The van der Waals surface area contributed by atoms with Crippen LogP contribution in [0.5, 0.6) is 0 Å². The van der Waals surface area contributed by atoms with Crippen LogP contribution in [0.4, 0.5) is 0 Å². The highest BCUT2D eigenvalue weighted by Gasteiger charge is 1.86. The highest BCUT2D eigenvalue weighted by molar-refractivity contribution is 4.30. The molecule has 0 aromatic heterocycles. The van der Waals surface area contributed by atoms with E-state index in [1.807, 2.05) is 0 Å². The summed E-state index contributed by atoms with van der Waals surface area (Å²) in [4.78, 5) is 1.75. The molecule has 0 bridgehead atoms. The van der Waals surface area contributed by atoms with Crippen molar-refractivity contribution in [3.63, 3.8) is 0 Å². The largest absolute Gasteiger partial charge is 0.394 e. The van der Waals surface area contributed by atoms with Gasteiger partial charge in [0.1, 0.15) is 0 Å². The van der Waals surface area contributed by atoms with E-state index in [-0.39, 0.29) is 13.2 Å². The van der Waals surface area contributed by atoms with Gasteiger partial charge in [-0.25, -0.2) is 0 Å². The van der Waals surface area contributed by atoms with Crippen LogP contribution < -0.4 is 0 Å². The topological polar surface area (TPSA) is 119 Å². The highest BCUT2D eigenvalue weighted by Crippen LogP contribution is 1.76. The molecule has 0 amide bonds. The van der Waals surface area contributed by atoms with Gasteiger partial charge in [0.05, 0.1) is 39.6 Å². The molecular weight excluding hydrogens is 178 g/mol. The fourth-order valence-electron chi connectivity index (χ4n) is 0.451. The third-order valence-corrected chi connectivity index (χ3v) is 0.843. The SMILES string of the molecule is OCCOCCOCCO.[N-]=[N+]=N. The van der Waals surface area contributed by atoms with Crippen LogP contribution in [0.25, 0.3) is 10.4 Å². The van der Waals surface area contributed by atoms with E-state index in [2.05, 4.69) is 0 Å². The standard InChI is InChI=1S/C6H14O4.HN3/c7-1-3-9-5-6-10-4-2-8;1-3-2/h7-8H,1-6H2;1H. The molecule has 7 heteroatoms. The van der Waals surface area contributed by atoms with E-state index in [0.29, 0.717) is 26.4 Å². The predicted molar refractivity (Wildman–Crippen MR) is 45.2 cm³/mol. The van der Waals surface area contributed by atoms with Gasteiger partial charge < -0.3 is 19.7 Å². The maximum Gasteiger partial charge on any atom is 0.0701 e. The molecular formula is C6H15N3O4. The molecule has 0 radical (unpaired) electrons. The van der Waals surface area contributed by atoms with Gasteiger partial charge in [-0.3, -0.25) is 0 Å². The molecule has 13 heavy (non-hydrogen) atoms. The Labute approximate surface area is 76.3 Å². The van der Waals surface area contributed by atoms with Gasteiger partial charge in [-0.05, 0) is 10.4 Å². The van der Waals surface area contributed by atoms with E-state index in [1.165, 1.54) is 0 Å². The van der Waals surface area contributed by atoms with Crippen molar-refractivity contribution in [3.05, 3.63) is 10.4 Å². The second-order valence-corrected chi connectivity index (χ2v) is 1.77. The molecule has 0 aromatic carbocycles. The van der Waals surface area contributed by atoms with Crippen molar-refractivity contribution in [2.75, 3.05) is 39.6 Å². The lowest BCUT2D eigenvalue weighted by Gasteiger charge is -2.01. The quantitative estimate of drug-likeness (QED) is 0.226. The molecule has 0 aliphatic heterocycles. The Morgan fingerprint density at radius 2 is 1.31 bits per heavy atom. The number of aliphatic hydroxyl groups excluding tert-OH is 2. The average Bonchev–Trinajstić information content (AvgIpc) is 2.13. The minimum absolute atomic E-state index is 0.0417. The smallest absolute Gasteiger partial charge is 0.0701 e. The Kier molecular flexibility index (Phi) is 19.5. The second kappa shape index (κ2) is 17.3. The Morgan fingerprint density at radius 1 is 1.00 bits per heavy atom. The van der Waals surface area contributed by atoms with Crippen LogP contribution in [0, 0.1) is 5.53 Å². The fourth-order valence-corrected chi connectivity index (χ4v) is 0.451. The van der Waals surface area contributed by atoms with Gasteiger partial charge in [-0.1, -0.05) is 0 Å². The van der Waals surface area contributed by atoms with Gasteiger partial charge in [0.15, 0.2) is 0 Å². The molecule has 78 valence electrons. The van der Waals surface area contributed by atoms with Crippen LogP contribution in [0.2, 0.25) is 0 Å². The number of nitrogens with one attached hydrogen (secondary N) is 1. The summed E-state index contributed by atoms with van der Waals surface area (Å²) in [5.74, 6) is 0. The Balaban J connectivity index is 0. The molecule has 0 unspecified atom stereocenters. The van der Waals surface area contributed by atoms with Gasteiger partial charge >= 0.3 is 0 Å². The van der Waals surface area contributed by atoms with Gasteiger partial charge in [0, 0.05) is 0 Å². The van der Waals surface area contributed by atoms with E-state index in [0.717, 1.165) is 0 Å². The van der Waals surface area contributed by atoms with Crippen molar-refractivity contribution in [2.24, 2.45) is 0 Å². The van der Waals surface area contributed by atoms with Gasteiger partial charge in [-0.15, -0.1) is 5.53 Å². The third-order valence-electron chi connectivity index (χ3n) is 0.843. The average molecular weight is 193 g/mol. The molecule has 7 nitrogen and oxygen atoms in total. The predicted octanol–water partition coefficient (Wildman–Crippen LogP) is -0.120. The van der Waals surface area contributed by atoms with Crippen LogP contribution in [-0.2, 0) is 9.47 Å². The van der Waals surface area contributed by atoms with E-state index in [1.54, 1.807) is 4.91 Å². The van der Waals surface area contributed by atoms with E-state index >= 15 is 0 Å². The molecule has 0 aliphatic rings. The molecule has 0 aromatic rings. The summed E-state index contributed by atoms with van der Waals surface area (Å²) in [5.41, 5.74) is 12.2. The molecule has 0 saturated carbocycles. The summed E-state index contributed by atoms with van der Waals surface area (Å²) < 4.78 is 9.75. The molecule has 0 rings (SSSR count). The maximum atomic E-state index is 8.26. The van der Waals surface area contributed by atoms with Crippen molar-refractivity contribution in [2.45, 2.75) is 0 Å².